The van der Waals surface area contributed by atoms with Crippen LogP contribution in [0, 0.1) is 0 Å². The van der Waals surface area contributed by atoms with E-state index < -0.39 is 0 Å². The van der Waals surface area contributed by atoms with E-state index in [-0.39, 0.29) is 0 Å². The number of ether oxygens (including phenoxy) is 2. The number of aryl methyl sites for hydroxylation is 2. The first-order valence-corrected chi connectivity index (χ1v) is 6.65. The van der Waals surface area contributed by atoms with Crippen molar-refractivity contribution in [1.29, 1.82) is 0 Å². The van der Waals surface area contributed by atoms with Crippen molar-refractivity contribution in [1.82, 2.24) is 9.78 Å². The maximum Gasteiger partial charge on any atom is 0.129 e. The van der Waals surface area contributed by atoms with E-state index in [0.29, 0.717) is 5.82 Å². The Morgan fingerprint density at radius 2 is 1.85 bits per heavy atom. The first kappa shape index (κ1) is 14.2. The van der Waals surface area contributed by atoms with Crippen LogP contribution in [0.3, 0.4) is 0 Å². The average molecular weight is 275 g/mol. The molecule has 1 heterocycles. The molecule has 0 aliphatic heterocycles. The van der Waals surface area contributed by atoms with E-state index >= 15 is 0 Å². The molecule has 0 saturated heterocycles. The molecule has 20 heavy (non-hydrogen) atoms. The zero-order chi connectivity index (χ0) is 14.7. The maximum absolute atomic E-state index is 6.05. The van der Waals surface area contributed by atoms with Gasteiger partial charge in [-0.05, 0) is 24.1 Å². The van der Waals surface area contributed by atoms with Crippen LogP contribution in [-0.2, 0) is 13.5 Å². The molecule has 0 aliphatic rings. The number of hydrogen-bond acceptors (Lipinski definition) is 4. The Kier molecular flexibility index (Phi) is 4.17. The quantitative estimate of drug-likeness (QED) is 0.911. The van der Waals surface area contributed by atoms with Crippen molar-refractivity contribution < 1.29 is 9.47 Å². The minimum absolute atomic E-state index is 0.605. The molecule has 5 nitrogen and oxygen atoms in total. The molecule has 0 bridgehead atoms. The fraction of sp³-hybridized carbons (Fsp3) is 0.400. The number of hydrogen-bond donors (Lipinski definition) is 1. The van der Waals surface area contributed by atoms with Crippen molar-refractivity contribution in [3.63, 3.8) is 0 Å². The highest BCUT2D eigenvalue weighted by atomic mass is 16.5. The SMILES string of the molecule is CCCc1cc(OC)c(-c2cnn(C)c2N)cc1OC. The molecule has 0 spiro atoms. The summed E-state index contributed by atoms with van der Waals surface area (Å²) in [7, 11) is 5.15. The monoisotopic (exact) mass is 275 g/mol. The predicted molar refractivity (Wildman–Crippen MR) is 80.2 cm³/mol. The number of nitrogens with zero attached hydrogens (tertiary/aromatic N) is 2. The standard InChI is InChI=1S/C15H21N3O2/c1-5-6-10-7-14(20-4)11(8-13(10)19-3)12-9-17-18(2)15(12)16/h7-9H,5-6,16H2,1-4H3. The third-order valence-corrected chi connectivity index (χ3v) is 3.40. The Morgan fingerprint density at radius 1 is 1.15 bits per heavy atom. The largest absolute Gasteiger partial charge is 0.496 e. The van der Waals surface area contributed by atoms with Crippen LogP contribution in [-0.4, -0.2) is 24.0 Å². The van der Waals surface area contributed by atoms with Gasteiger partial charge in [0.05, 0.1) is 20.4 Å². The molecule has 0 fully saturated rings. The molecule has 2 aromatic rings. The minimum atomic E-state index is 0.605. The molecule has 0 aliphatic carbocycles. The second-order valence-electron chi connectivity index (χ2n) is 4.68. The van der Waals surface area contributed by atoms with Crippen molar-refractivity contribution in [2.45, 2.75) is 19.8 Å². The molecule has 2 N–H and O–H groups in total. The molecule has 0 unspecified atom stereocenters. The summed E-state index contributed by atoms with van der Waals surface area (Å²) in [5.41, 5.74) is 8.94. The summed E-state index contributed by atoms with van der Waals surface area (Å²) in [5, 5.41) is 4.18. The van der Waals surface area contributed by atoms with Gasteiger partial charge in [-0.2, -0.15) is 5.10 Å². The van der Waals surface area contributed by atoms with Gasteiger partial charge in [-0.25, -0.2) is 0 Å². The number of nitrogen functional groups attached to an aromatic ring is 1. The normalized spacial score (nSPS) is 10.6. The molecule has 1 aromatic heterocycles. The van der Waals surface area contributed by atoms with Gasteiger partial charge >= 0.3 is 0 Å². The van der Waals surface area contributed by atoms with E-state index in [9.17, 15) is 0 Å². The number of aromatic nitrogens is 2. The highest BCUT2D eigenvalue weighted by Gasteiger charge is 2.16. The van der Waals surface area contributed by atoms with Crippen molar-refractivity contribution >= 4 is 5.82 Å². The van der Waals surface area contributed by atoms with Gasteiger partial charge in [0.25, 0.3) is 0 Å². The van der Waals surface area contributed by atoms with Gasteiger partial charge in [0.15, 0.2) is 0 Å². The summed E-state index contributed by atoms with van der Waals surface area (Å²) in [4.78, 5) is 0. The number of benzene rings is 1. The minimum Gasteiger partial charge on any atom is -0.496 e. The van der Waals surface area contributed by atoms with Crippen LogP contribution < -0.4 is 15.2 Å². The van der Waals surface area contributed by atoms with Crippen LogP contribution in [0.4, 0.5) is 5.82 Å². The predicted octanol–water partition coefficient (Wildman–Crippen LogP) is 2.64. The molecular weight excluding hydrogens is 254 g/mol. The van der Waals surface area contributed by atoms with E-state index in [4.69, 9.17) is 15.2 Å². The number of rotatable bonds is 5. The summed E-state index contributed by atoms with van der Waals surface area (Å²) in [6.45, 7) is 2.14. The highest BCUT2D eigenvalue weighted by Crippen LogP contribution is 2.38. The molecule has 1 aromatic carbocycles. The van der Waals surface area contributed by atoms with Crippen LogP contribution in [0.2, 0.25) is 0 Å². The van der Waals surface area contributed by atoms with Gasteiger partial charge in [0, 0.05) is 18.2 Å². The van der Waals surface area contributed by atoms with Crippen LogP contribution in [0.25, 0.3) is 11.1 Å². The summed E-state index contributed by atoms with van der Waals surface area (Å²) in [6, 6.07) is 3.99. The van der Waals surface area contributed by atoms with Crippen molar-refractivity contribution in [2.24, 2.45) is 7.05 Å². The molecule has 2 rings (SSSR count). The van der Waals surface area contributed by atoms with Crippen molar-refractivity contribution in [2.75, 3.05) is 20.0 Å². The zero-order valence-electron chi connectivity index (χ0n) is 12.4. The topological polar surface area (TPSA) is 62.3 Å². The van der Waals surface area contributed by atoms with Crippen LogP contribution in [0.1, 0.15) is 18.9 Å². The van der Waals surface area contributed by atoms with Crippen LogP contribution >= 0.6 is 0 Å². The Labute approximate surface area is 119 Å². The molecule has 5 heteroatoms. The first-order chi connectivity index (χ1) is 9.62. The lowest BCUT2D eigenvalue weighted by Gasteiger charge is -2.14. The second kappa shape index (κ2) is 5.86. The van der Waals surface area contributed by atoms with E-state index in [1.165, 1.54) is 0 Å². The average Bonchev–Trinajstić information content (AvgIpc) is 2.79. The zero-order valence-corrected chi connectivity index (χ0v) is 12.4. The van der Waals surface area contributed by atoms with Gasteiger partial charge in [0.2, 0.25) is 0 Å². The number of methoxy groups -OCH3 is 2. The summed E-state index contributed by atoms with van der Waals surface area (Å²) >= 11 is 0. The van der Waals surface area contributed by atoms with E-state index in [0.717, 1.165) is 41.0 Å². The maximum atomic E-state index is 6.05. The van der Waals surface area contributed by atoms with Crippen molar-refractivity contribution in [3.05, 3.63) is 23.9 Å². The molecular formula is C15H21N3O2. The van der Waals surface area contributed by atoms with Gasteiger partial charge in [-0.1, -0.05) is 13.3 Å². The Morgan fingerprint density at radius 3 is 2.35 bits per heavy atom. The van der Waals surface area contributed by atoms with Gasteiger partial charge in [-0.15, -0.1) is 0 Å². The number of nitrogens with two attached hydrogens (primary N) is 1. The molecule has 0 atom stereocenters. The Bertz CT molecular complexity index is 605. The lowest BCUT2D eigenvalue weighted by molar-refractivity contribution is 0.400. The summed E-state index contributed by atoms with van der Waals surface area (Å²) in [5.74, 6) is 2.24. The lowest BCUT2D eigenvalue weighted by Crippen LogP contribution is -2.00. The molecule has 0 amide bonds. The van der Waals surface area contributed by atoms with Gasteiger partial charge in [0.1, 0.15) is 17.3 Å². The third-order valence-electron chi connectivity index (χ3n) is 3.40. The Hall–Kier alpha value is -2.17. The van der Waals surface area contributed by atoms with E-state index in [1.807, 2.05) is 19.2 Å². The summed E-state index contributed by atoms with van der Waals surface area (Å²) < 4.78 is 12.6. The van der Waals surface area contributed by atoms with Crippen LogP contribution in [0.5, 0.6) is 11.5 Å². The van der Waals surface area contributed by atoms with E-state index in [1.54, 1.807) is 25.1 Å². The Balaban J connectivity index is 2.60. The smallest absolute Gasteiger partial charge is 0.129 e. The lowest BCUT2D eigenvalue weighted by atomic mass is 10.0. The molecule has 108 valence electrons. The third kappa shape index (κ3) is 2.43. The van der Waals surface area contributed by atoms with Gasteiger partial charge < -0.3 is 15.2 Å². The highest BCUT2D eigenvalue weighted by molar-refractivity contribution is 5.80. The van der Waals surface area contributed by atoms with Crippen LogP contribution in [0.15, 0.2) is 18.3 Å². The van der Waals surface area contributed by atoms with Gasteiger partial charge in [-0.3, -0.25) is 4.68 Å². The second-order valence-corrected chi connectivity index (χ2v) is 4.68. The van der Waals surface area contributed by atoms with E-state index in [2.05, 4.69) is 12.0 Å². The fourth-order valence-corrected chi connectivity index (χ4v) is 2.29. The fourth-order valence-electron chi connectivity index (χ4n) is 2.29. The number of anilines is 1. The summed E-state index contributed by atoms with van der Waals surface area (Å²) in [6.07, 6.45) is 3.74. The first-order valence-electron chi connectivity index (χ1n) is 6.65. The molecule has 0 saturated carbocycles. The van der Waals surface area contributed by atoms with Crippen molar-refractivity contribution in [3.8, 4) is 22.6 Å². The molecule has 0 radical (unpaired) electrons.